The van der Waals surface area contributed by atoms with E-state index in [4.69, 9.17) is 4.74 Å². The molecule has 0 spiro atoms. The molecule has 0 radical (unpaired) electrons. The molecule has 0 fully saturated rings. The Morgan fingerprint density at radius 1 is 1.29 bits per heavy atom. The molecule has 0 aliphatic carbocycles. The number of nitrogens with zero attached hydrogens (tertiary/aromatic N) is 2. The fraction of sp³-hybridized carbons (Fsp3) is 0.286. The lowest BCUT2D eigenvalue weighted by atomic mass is 10.2. The molecule has 0 aliphatic rings. The van der Waals surface area contributed by atoms with Crippen LogP contribution in [-0.4, -0.2) is 35.9 Å². The van der Waals surface area contributed by atoms with E-state index in [2.05, 4.69) is 14.7 Å². The van der Waals surface area contributed by atoms with Crippen LogP contribution >= 0.6 is 11.3 Å². The Labute approximate surface area is 125 Å². The lowest BCUT2D eigenvalue weighted by Crippen LogP contribution is -2.07. The SMILES string of the molecule is COC(=O)c1nc(Cc2ccc(OC)nc2)sc1C(C)=O. The molecule has 0 unspecified atom stereocenters. The Kier molecular flexibility index (Phi) is 4.64. The normalized spacial score (nSPS) is 10.2. The van der Waals surface area contributed by atoms with Gasteiger partial charge in [-0.3, -0.25) is 4.79 Å². The zero-order valence-electron chi connectivity index (χ0n) is 11.9. The van der Waals surface area contributed by atoms with Crippen LogP contribution in [0.4, 0.5) is 0 Å². The van der Waals surface area contributed by atoms with E-state index in [0.29, 0.717) is 22.2 Å². The third-order valence-corrected chi connectivity index (χ3v) is 3.89. The number of carbonyl (C=O) groups excluding carboxylic acids is 2. The van der Waals surface area contributed by atoms with Crippen LogP contribution in [0.5, 0.6) is 5.88 Å². The van der Waals surface area contributed by atoms with Crippen LogP contribution in [0, 0.1) is 0 Å². The number of ketones is 1. The van der Waals surface area contributed by atoms with Crippen molar-refractivity contribution in [3.05, 3.63) is 39.5 Å². The number of aromatic nitrogens is 2. The fourth-order valence-corrected chi connectivity index (χ4v) is 2.71. The Morgan fingerprint density at radius 2 is 2.05 bits per heavy atom. The second kappa shape index (κ2) is 6.45. The maximum atomic E-state index is 11.6. The standard InChI is InChI=1S/C14H14N2O4S/c1-8(17)13-12(14(18)20-3)16-11(21-13)6-9-4-5-10(19-2)15-7-9/h4-5,7H,6H2,1-3H3. The minimum Gasteiger partial charge on any atom is -0.481 e. The molecule has 2 rings (SSSR count). The van der Waals surface area contributed by atoms with Crippen LogP contribution in [0.3, 0.4) is 0 Å². The van der Waals surface area contributed by atoms with Gasteiger partial charge in [0.2, 0.25) is 5.88 Å². The number of methoxy groups -OCH3 is 2. The van der Waals surface area contributed by atoms with Gasteiger partial charge in [-0.15, -0.1) is 11.3 Å². The molecule has 0 aromatic carbocycles. The van der Waals surface area contributed by atoms with E-state index in [1.165, 1.54) is 25.4 Å². The van der Waals surface area contributed by atoms with Gasteiger partial charge in [-0.1, -0.05) is 6.07 Å². The van der Waals surface area contributed by atoms with Crippen molar-refractivity contribution in [2.24, 2.45) is 0 Å². The Bertz CT molecular complexity index is 664. The molecule has 7 heteroatoms. The summed E-state index contributed by atoms with van der Waals surface area (Å²) in [5.74, 6) is -0.278. The quantitative estimate of drug-likeness (QED) is 0.622. The summed E-state index contributed by atoms with van der Waals surface area (Å²) >= 11 is 1.20. The fourth-order valence-electron chi connectivity index (χ4n) is 1.72. The first-order valence-corrected chi connectivity index (χ1v) is 6.94. The zero-order chi connectivity index (χ0) is 15.4. The summed E-state index contributed by atoms with van der Waals surface area (Å²) in [4.78, 5) is 31.8. The van der Waals surface area contributed by atoms with Crippen molar-refractivity contribution in [1.82, 2.24) is 9.97 Å². The van der Waals surface area contributed by atoms with Gasteiger partial charge in [-0.2, -0.15) is 0 Å². The molecule has 0 N–H and O–H groups in total. The number of thiazole rings is 1. The topological polar surface area (TPSA) is 78.4 Å². The highest BCUT2D eigenvalue weighted by Crippen LogP contribution is 2.23. The largest absolute Gasteiger partial charge is 0.481 e. The number of pyridine rings is 1. The van der Waals surface area contributed by atoms with Gasteiger partial charge in [-0.25, -0.2) is 14.8 Å². The molecule has 6 nitrogen and oxygen atoms in total. The molecule has 0 amide bonds. The van der Waals surface area contributed by atoms with Gasteiger partial charge in [0.1, 0.15) is 4.88 Å². The van der Waals surface area contributed by atoms with Crippen LogP contribution in [0.25, 0.3) is 0 Å². The molecule has 0 atom stereocenters. The van der Waals surface area contributed by atoms with Crippen molar-refractivity contribution in [3.63, 3.8) is 0 Å². The Hall–Kier alpha value is -2.28. The number of carbonyl (C=O) groups is 2. The van der Waals surface area contributed by atoms with E-state index >= 15 is 0 Å². The summed E-state index contributed by atoms with van der Waals surface area (Å²) in [6.07, 6.45) is 2.16. The molecule has 0 saturated carbocycles. The second-order valence-corrected chi connectivity index (χ2v) is 5.30. The molecule has 2 aromatic heterocycles. The van der Waals surface area contributed by atoms with Crippen molar-refractivity contribution in [1.29, 1.82) is 0 Å². The van der Waals surface area contributed by atoms with Gasteiger partial charge in [0, 0.05) is 25.6 Å². The third kappa shape index (κ3) is 3.43. The van der Waals surface area contributed by atoms with E-state index < -0.39 is 5.97 Å². The van der Waals surface area contributed by atoms with Gasteiger partial charge < -0.3 is 9.47 Å². The van der Waals surface area contributed by atoms with Crippen LogP contribution in [0.15, 0.2) is 18.3 Å². The molecule has 2 heterocycles. The molecule has 0 saturated heterocycles. The number of esters is 1. The van der Waals surface area contributed by atoms with Crippen LogP contribution in [0.2, 0.25) is 0 Å². The summed E-state index contributed by atoms with van der Waals surface area (Å²) in [6, 6.07) is 3.61. The summed E-state index contributed by atoms with van der Waals surface area (Å²) in [6.45, 7) is 1.40. The van der Waals surface area contributed by atoms with Crippen LogP contribution in [0.1, 0.15) is 37.7 Å². The number of ether oxygens (including phenoxy) is 2. The highest BCUT2D eigenvalue weighted by molar-refractivity contribution is 7.14. The van der Waals surface area contributed by atoms with E-state index in [1.54, 1.807) is 19.4 Å². The van der Waals surface area contributed by atoms with Gasteiger partial charge >= 0.3 is 5.97 Å². The number of rotatable bonds is 5. The molecular formula is C14H14N2O4S. The van der Waals surface area contributed by atoms with E-state index in [1.807, 2.05) is 6.07 Å². The average molecular weight is 306 g/mol. The smallest absolute Gasteiger partial charge is 0.358 e. The molecule has 0 bridgehead atoms. The lowest BCUT2D eigenvalue weighted by molar-refractivity contribution is 0.0591. The van der Waals surface area contributed by atoms with Crippen LogP contribution in [-0.2, 0) is 11.2 Å². The van der Waals surface area contributed by atoms with Crippen LogP contribution < -0.4 is 4.74 Å². The molecule has 2 aromatic rings. The molecule has 110 valence electrons. The van der Waals surface area contributed by atoms with Crippen molar-refractivity contribution >= 4 is 23.1 Å². The van der Waals surface area contributed by atoms with Gasteiger partial charge in [-0.05, 0) is 5.56 Å². The molecule has 0 aliphatic heterocycles. The Balaban J connectivity index is 2.27. The van der Waals surface area contributed by atoms with Crippen molar-refractivity contribution in [2.45, 2.75) is 13.3 Å². The minimum absolute atomic E-state index is 0.0754. The van der Waals surface area contributed by atoms with Crippen molar-refractivity contribution in [3.8, 4) is 5.88 Å². The maximum absolute atomic E-state index is 11.6. The van der Waals surface area contributed by atoms with E-state index in [-0.39, 0.29) is 11.5 Å². The zero-order valence-corrected chi connectivity index (χ0v) is 12.7. The van der Waals surface area contributed by atoms with Crippen molar-refractivity contribution < 1.29 is 19.1 Å². The highest BCUT2D eigenvalue weighted by atomic mass is 32.1. The summed E-state index contributed by atoms with van der Waals surface area (Å²) < 4.78 is 9.64. The monoisotopic (exact) mass is 306 g/mol. The average Bonchev–Trinajstić information content (AvgIpc) is 2.91. The minimum atomic E-state index is -0.601. The Morgan fingerprint density at radius 3 is 2.57 bits per heavy atom. The first-order valence-electron chi connectivity index (χ1n) is 6.13. The van der Waals surface area contributed by atoms with Gasteiger partial charge in [0.05, 0.1) is 19.2 Å². The predicted octanol–water partition coefficient (Wildman–Crippen LogP) is 2.13. The second-order valence-electron chi connectivity index (χ2n) is 4.22. The summed E-state index contributed by atoms with van der Waals surface area (Å²) in [5.41, 5.74) is 0.988. The number of hydrogen-bond acceptors (Lipinski definition) is 7. The highest BCUT2D eigenvalue weighted by Gasteiger charge is 2.21. The lowest BCUT2D eigenvalue weighted by Gasteiger charge is -2.00. The summed E-state index contributed by atoms with van der Waals surface area (Å²) in [7, 11) is 2.81. The molecule has 21 heavy (non-hydrogen) atoms. The maximum Gasteiger partial charge on any atom is 0.358 e. The third-order valence-electron chi connectivity index (χ3n) is 2.73. The van der Waals surface area contributed by atoms with E-state index in [9.17, 15) is 9.59 Å². The summed E-state index contributed by atoms with van der Waals surface area (Å²) in [5, 5.41) is 0.660. The first-order chi connectivity index (χ1) is 10.0. The number of hydrogen-bond donors (Lipinski definition) is 0. The predicted molar refractivity (Wildman–Crippen MR) is 77.1 cm³/mol. The molecular weight excluding hydrogens is 292 g/mol. The van der Waals surface area contributed by atoms with E-state index in [0.717, 1.165) is 5.56 Å². The first kappa shape index (κ1) is 15.1. The number of Topliss-reactive ketones (excluding diaryl/α,β-unsaturated/α-hetero) is 1. The van der Waals surface area contributed by atoms with Crippen molar-refractivity contribution in [2.75, 3.05) is 14.2 Å². The van der Waals surface area contributed by atoms with Gasteiger partial charge in [0.25, 0.3) is 0 Å². The van der Waals surface area contributed by atoms with Gasteiger partial charge in [0.15, 0.2) is 11.5 Å².